The van der Waals surface area contributed by atoms with Crippen LogP contribution in [0.5, 0.6) is 5.75 Å². The van der Waals surface area contributed by atoms with Gasteiger partial charge in [0, 0.05) is 0 Å². The third-order valence-corrected chi connectivity index (χ3v) is 5.22. The molecule has 0 unspecified atom stereocenters. The van der Waals surface area contributed by atoms with Crippen LogP contribution in [0.15, 0.2) is 41.3 Å². The molecule has 0 radical (unpaired) electrons. The molecular weight excluding hydrogens is 342 g/mol. The van der Waals surface area contributed by atoms with Gasteiger partial charge in [0.15, 0.2) is 0 Å². The fraction of sp³-hybridized carbons (Fsp3) is 0.222. The second-order valence-corrected chi connectivity index (χ2v) is 7.77. The molecule has 1 N–H and O–H groups in total. The number of amides is 2. The highest BCUT2D eigenvalue weighted by atomic mass is 32.2. The van der Waals surface area contributed by atoms with E-state index in [2.05, 4.69) is 5.32 Å². The Bertz CT molecular complexity index is 993. The Labute approximate surface area is 145 Å². The van der Waals surface area contributed by atoms with E-state index in [4.69, 9.17) is 4.18 Å². The van der Waals surface area contributed by atoms with Crippen LogP contribution in [0.1, 0.15) is 51.6 Å². The number of carbonyl (C=O) groups excluding carboxylic acids is 2. The Morgan fingerprint density at radius 2 is 1.64 bits per heavy atom. The van der Waals surface area contributed by atoms with Crippen molar-refractivity contribution in [1.29, 1.82) is 0 Å². The maximum absolute atomic E-state index is 12.6. The van der Waals surface area contributed by atoms with Crippen LogP contribution in [-0.2, 0) is 10.1 Å². The van der Waals surface area contributed by atoms with Crippen molar-refractivity contribution in [3.63, 3.8) is 0 Å². The number of nitrogens with one attached hydrogen (secondary N) is 1. The van der Waals surface area contributed by atoms with Crippen molar-refractivity contribution in [2.24, 2.45) is 0 Å². The number of hydrogen-bond donors (Lipinski definition) is 1. The van der Waals surface area contributed by atoms with Crippen LogP contribution >= 0.6 is 0 Å². The number of benzene rings is 2. The zero-order valence-electron chi connectivity index (χ0n) is 14.0. The van der Waals surface area contributed by atoms with Gasteiger partial charge in [0.05, 0.1) is 11.1 Å². The van der Waals surface area contributed by atoms with Gasteiger partial charge in [0.1, 0.15) is 10.6 Å². The molecule has 2 aromatic carbocycles. The molecule has 3 rings (SSSR count). The Hall–Kier alpha value is -2.67. The molecule has 6 nitrogen and oxygen atoms in total. The lowest BCUT2D eigenvalue weighted by molar-refractivity contribution is 0.0879. The first kappa shape index (κ1) is 17.2. The van der Waals surface area contributed by atoms with E-state index in [0.29, 0.717) is 0 Å². The predicted molar refractivity (Wildman–Crippen MR) is 91.3 cm³/mol. The SMILES string of the molecule is Cc1ccc(C(C)C)c(OS(=O)(=O)c2ccc3c(c2)C(=O)NC3=O)c1. The molecule has 2 aromatic rings. The minimum atomic E-state index is -4.14. The lowest BCUT2D eigenvalue weighted by atomic mass is 10.0. The predicted octanol–water partition coefficient (Wildman–Crippen LogP) is 2.77. The third kappa shape index (κ3) is 3.15. The molecular formula is C18H17NO5S. The Morgan fingerprint density at radius 1 is 0.960 bits per heavy atom. The fourth-order valence-corrected chi connectivity index (χ4v) is 3.63. The van der Waals surface area contributed by atoms with Crippen molar-refractivity contribution in [3.8, 4) is 5.75 Å². The number of rotatable bonds is 4. The van der Waals surface area contributed by atoms with Crippen LogP contribution in [-0.4, -0.2) is 20.2 Å². The normalized spacial score (nSPS) is 13.8. The van der Waals surface area contributed by atoms with E-state index >= 15 is 0 Å². The summed E-state index contributed by atoms with van der Waals surface area (Å²) in [5.41, 5.74) is 1.82. The van der Waals surface area contributed by atoms with Gasteiger partial charge >= 0.3 is 10.1 Å². The van der Waals surface area contributed by atoms with Crippen LogP contribution < -0.4 is 9.50 Å². The summed E-state index contributed by atoms with van der Waals surface area (Å²) in [6.07, 6.45) is 0. The number of aryl methyl sites for hydroxylation is 1. The van der Waals surface area contributed by atoms with Crippen LogP contribution in [0.3, 0.4) is 0 Å². The van der Waals surface area contributed by atoms with Crippen molar-refractivity contribution >= 4 is 21.9 Å². The first-order valence-electron chi connectivity index (χ1n) is 7.74. The topological polar surface area (TPSA) is 89.5 Å². The van der Waals surface area contributed by atoms with Crippen molar-refractivity contribution < 1.29 is 22.2 Å². The number of fused-ring (bicyclic) bond motifs is 1. The second-order valence-electron chi connectivity index (χ2n) is 6.22. The first-order chi connectivity index (χ1) is 11.7. The monoisotopic (exact) mass is 359 g/mol. The van der Waals surface area contributed by atoms with Crippen molar-refractivity contribution in [2.75, 3.05) is 0 Å². The van der Waals surface area contributed by atoms with E-state index in [1.807, 2.05) is 32.9 Å². The van der Waals surface area contributed by atoms with Gasteiger partial charge in [0.25, 0.3) is 11.8 Å². The summed E-state index contributed by atoms with van der Waals surface area (Å²) >= 11 is 0. The van der Waals surface area contributed by atoms with Gasteiger partial charge in [-0.1, -0.05) is 26.0 Å². The van der Waals surface area contributed by atoms with E-state index in [1.54, 1.807) is 6.07 Å². The summed E-state index contributed by atoms with van der Waals surface area (Å²) in [6, 6.07) is 9.12. The molecule has 25 heavy (non-hydrogen) atoms. The van der Waals surface area contributed by atoms with Gasteiger partial charge in [0.2, 0.25) is 0 Å². The third-order valence-electron chi connectivity index (χ3n) is 3.99. The van der Waals surface area contributed by atoms with Gasteiger partial charge in [-0.3, -0.25) is 14.9 Å². The molecule has 0 saturated carbocycles. The van der Waals surface area contributed by atoms with Gasteiger partial charge in [-0.15, -0.1) is 0 Å². The van der Waals surface area contributed by atoms with Crippen LogP contribution in [0.25, 0.3) is 0 Å². The second kappa shape index (κ2) is 6.00. The molecule has 1 heterocycles. The summed E-state index contributed by atoms with van der Waals surface area (Å²) in [5, 5.41) is 2.13. The minimum absolute atomic E-state index is 0.0306. The molecule has 0 atom stereocenters. The molecule has 0 aromatic heterocycles. The largest absolute Gasteiger partial charge is 0.379 e. The Kier molecular flexibility index (Phi) is 4.12. The van der Waals surface area contributed by atoms with Crippen molar-refractivity contribution in [3.05, 3.63) is 58.7 Å². The first-order valence-corrected chi connectivity index (χ1v) is 9.14. The highest BCUT2D eigenvalue weighted by molar-refractivity contribution is 7.87. The smallest absolute Gasteiger partial charge is 0.339 e. The summed E-state index contributed by atoms with van der Waals surface area (Å²) in [5.74, 6) is -0.814. The molecule has 1 aliphatic rings. The lowest BCUT2D eigenvalue weighted by Gasteiger charge is -2.14. The summed E-state index contributed by atoms with van der Waals surface area (Å²) < 4.78 is 30.6. The van der Waals surface area contributed by atoms with E-state index in [9.17, 15) is 18.0 Å². The van der Waals surface area contributed by atoms with E-state index < -0.39 is 21.9 Å². The molecule has 0 spiro atoms. The molecule has 0 bridgehead atoms. The van der Waals surface area contributed by atoms with Gasteiger partial charge in [-0.05, 0) is 48.2 Å². The number of imide groups is 1. The minimum Gasteiger partial charge on any atom is -0.379 e. The van der Waals surface area contributed by atoms with E-state index in [1.165, 1.54) is 12.1 Å². The summed E-state index contributed by atoms with van der Waals surface area (Å²) in [7, 11) is -4.14. The summed E-state index contributed by atoms with van der Waals surface area (Å²) in [6.45, 7) is 5.72. The maximum Gasteiger partial charge on any atom is 0.339 e. The lowest BCUT2D eigenvalue weighted by Crippen LogP contribution is -2.19. The average Bonchev–Trinajstić information content (AvgIpc) is 2.81. The number of carbonyl (C=O) groups is 2. The highest BCUT2D eigenvalue weighted by Crippen LogP contribution is 2.30. The molecule has 1 aliphatic heterocycles. The molecule has 0 saturated heterocycles. The summed E-state index contributed by atoms with van der Waals surface area (Å²) in [4.78, 5) is 23.1. The van der Waals surface area contributed by atoms with Crippen molar-refractivity contribution in [2.45, 2.75) is 31.6 Å². The Balaban J connectivity index is 2.02. The van der Waals surface area contributed by atoms with Crippen LogP contribution in [0, 0.1) is 6.92 Å². The van der Waals surface area contributed by atoms with Gasteiger partial charge < -0.3 is 4.18 Å². The molecule has 2 amide bonds. The molecule has 7 heteroatoms. The molecule has 0 aliphatic carbocycles. The van der Waals surface area contributed by atoms with E-state index in [-0.39, 0.29) is 27.7 Å². The van der Waals surface area contributed by atoms with Gasteiger partial charge in [-0.2, -0.15) is 8.42 Å². The van der Waals surface area contributed by atoms with Crippen molar-refractivity contribution in [1.82, 2.24) is 5.32 Å². The van der Waals surface area contributed by atoms with Crippen LogP contribution in [0.2, 0.25) is 0 Å². The zero-order chi connectivity index (χ0) is 18.4. The van der Waals surface area contributed by atoms with Crippen LogP contribution in [0.4, 0.5) is 0 Å². The average molecular weight is 359 g/mol. The standard InChI is InChI=1S/C18H17NO5S/c1-10(2)13-6-4-11(3)8-16(13)24-25(22,23)12-5-7-14-15(9-12)18(21)19-17(14)20/h4-10H,1-3H3,(H,19,20,21). The Morgan fingerprint density at radius 3 is 2.32 bits per heavy atom. The van der Waals surface area contributed by atoms with Gasteiger partial charge in [-0.25, -0.2) is 0 Å². The molecule has 130 valence electrons. The van der Waals surface area contributed by atoms with E-state index in [0.717, 1.165) is 17.2 Å². The fourth-order valence-electron chi connectivity index (χ4n) is 2.66. The number of hydrogen-bond acceptors (Lipinski definition) is 5. The highest BCUT2D eigenvalue weighted by Gasteiger charge is 2.29. The maximum atomic E-state index is 12.6. The molecule has 0 fully saturated rings. The zero-order valence-corrected chi connectivity index (χ0v) is 14.8. The quantitative estimate of drug-likeness (QED) is 0.670.